The van der Waals surface area contributed by atoms with Crippen molar-refractivity contribution in [3.05, 3.63) is 108 Å². The van der Waals surface area contributed by atoms with Gasteiger partial charge in [0.05, 0.1) is 5.41 Å². The van der Waals surface area contributed by atoms with Gasteiger partial charge in [0, 0.05) is 12.6 Å². The monoisotopic (exact) mass is 330 g/mol. The Morgan fingerprint density at radius 3 is 1.36 bits per heavy atom. The summed E-state index contributed by atoms with van der Waals surface area (Å²) in [6.07, 6.45) is 0. The fourth-order valence-corrected chi connectivity index (χ4v) is 3.87. The van der Waals surface area contributed by atoms with Gasteiger partial charge in [0.15, 0.2) is 0 Å². The molecule has 0 saturated carbocycles. The lowest BCUT2D eigenvalue weighted by atomic mass is 9.64. The maximum Gasteiger partial charge on any atom is 0.0616 e. The summed E-state index contributed by atoms with van der Waals surface area (Å²) in [6, 6.07) is 32.2. The first-order valence-electron chi connectivity index (χ1n) is 8.94. The van der Waals surface area contributed by atoms with E-state index in [1.165, 1.54) is 16.7 Å². The molecule has 0 aliphatic heterocycles. The van der Waals surface area contributed by atoms with Gasteiger partial charge in [0.1, 0.15) is 0 Å². The Hall–Kier alpha value is -2.42. The highest BCUT2D eigenvalue weighted by atomic mass is 15.0. The van der Waals surface area contributed by atoms with Crippen LogP contribution in [0.1, 0.15) is 23.6 Å². The van der Waals surface area contributed by atoms with Crippen LogP contribution in [0.3, 0.4) is 0 Å². The molecular formula is C23H26N2. The molecule has 2 heteroatoms. The minimum Gasteiger partial charge on any atom is -0.329 e. The molecule has 128 valence electrons. The zero-order valence-corrected chi connectivity index (χ0v) is 14.7. The first kappa shape index (κ1) is 17.4. The van der Waals surface area contributed by atoms with Gasteiger partial charge in [-0.15, -0.1) is 0 Å². The number of nitrogens with two attached hydrogens (primary N) is 1. The van der Waals surface area contributed by atoms with E-state index in [1.807, 2.05) is 0 Å². The standard InChI is InChI=1S/C23H26N2/c1-2-25-22(18-24)23(19-12-6-3-7-13-19,20-14-8-4-9-15-20)21-16-10-5-11-17-21/h3-17,22,25H,2,18,24H2,1H3. The maximum atomic E-state index is 6.29. The topological polar surface area (TPSA) is 38.0 Å². The van der Waals surface area contributed by atoms with Crippen molar-refractivity contribution in [1.29, 1.82) is 0 Å². The van der Waals surface area contributed by atoms with Crippen LogP contribution >= 0.6 is 0 Å². The number of nitrogens with one attached hydrogen (secondary N) is 1. The lowest BCUT2D eigenvalue weighted by Gasteiger charge is -2.42. The molecular weight excluding hydrogens is 304 g/mol. The second kappa shape index (κ2) is 8.11. The number of rotatable bonds is 7. The summed E-state index contributed by atoms with van der Waals surface area (Å²) in [7, 11) is 0. The minimum atomic E-state index is -0.339. The molecule has 0 bridgehead atoms. The molecule has 3 aromatic rings. The molecule has 2 nitrogen and oxygen atoms in total. The van der Waals surface area contributed by atoms with Crippen LogP contribution in [-0.4, -0.2) is 19.1 Å². The molecule has 25 heavy (non-hydrogen) atoms. The second-order valence-corrected chi connectivity index (χ2v) is 6.25. The minimum absolute atomic E-state index is 0.0877. The highest BCUT2D eigenvalue weighted by Gasteiger charge is 2.42. The summed E-state index contributed by atoms with van der Waals surface area (Å²) in [4.78, 5) is 0. The Balaban J connectivity index is 2.35. The van der Waals surface area contributed by atoms with Crippen LogP contribution in [0.2, 0.25) is 0 Å². The highest BCUT2D eigenvalue weighted by molar-refractivity contribution is 5.52. The van der Waals surface area contributed by atoms with Gasteiger partial charge in [-0.25, -0.2) is 0 Å². The smallest absolute Gasteiger partial charge is 0.0616 e. The molecule has 1 unspecified atom stereocenters. The number of likely N-dealkylation sites (N-methyl/N-ethyl adjacent to an activating group) is 1. The van der Waals surface area contributed by atoms with E-state index in [9.17, 15) is 0 Å². The third-order valence-electron chi connectivity index (χ3n) is 4.90. The Morgan fingerprint density at radius 2 is 1.08 bits per heavy atom. The number of benzene rings is 3. The third-order valence-corrected chi connectivity index (χ3v) is 4.90. The van der Waals surface area contributed by atoms with E-state index < -0.39 is 0 Å². The maximum absolute atomic E-state index is 6.29. The summed E-state index contributed by atoms with van der Waals surface area (Å²) in [5.41, 5.74) is 9.72. The van der Waals surface area contributed by atoms with Crippen molar-refractivity contribution < 1.29 is 0 Å². The molecule has 3 aromatic carbocycles. The van der Waals surface area contributed by atoms with Crippen molar-refractivity contribution >= 4 is 0 Å². The van der Waals surface area contributed by atoms with Crippen molar-refractivity contribution in [3.8, 4) is 0 Å². The predicted octanol–water partition coefficient (Wildman–Crippen LogP) is 3.96. The van der Waals surface area contributed by atoms with Crippen molar-refractivity contribution in [1.82, 2.24) is 5.32 Å². The molecule has 3 N–H and O–H groups in total. The van der Waals surface area contributed by atoms with E-state index >= 15 is 0 Å². The van der Waals surface area contributed by atoms with Crippen LogP contribution in [0.5, 0.6) is 0 Å². The summed E-state index contributed by atoms with van der Waals surface area (Å²) >= 11 is 0. The van der Waals surface area contributed by atoms with Gasteiger partial charge in [-0.3, -0.25) is 0 Å². The molecule has 0 heterocycles. The van der Waals surface area contributed by atoms with Gasteiger partial charge in [-0.1, -0.05) is 97.9 Å². The first-order valence-corrected chi connectivity index (χ1v) is 8.94. The van der Waals surface area contributed by atoms with Crippen LogP contribution in [0.15, 0.2) is 91.0 Å². The zero-order valence-electron chi connectivity index (χ0n) is 14.7. The summed E-state index contributed by atoms with van der Waals surface area (Å²) in [6.45, 7) is 3.55. The summed E-state index contributed by atoms with van der Waals surface area (Å²) in [5.74, 6) is 0. The second-order valence-electron chi connectivity index (χ2n) is 6.25. The highest BCUT2D eigenvalue weighted by Crippen LogP contribution is 2.41. The first-order chi connectivity index (χ1) is 12.3. The van der Waals surface area contributed by atoms with Gasteiger partial charge in [-0.05, 0) is 23.2 Å². The molecule has 0 amide bonds. The average molecular weight is 330 g/mol. The Kier molecular flexibility index (Phi) is 5.64. The molecule has 0 fully saturated rings. The molecule has 0 saturated heterocycles. The van der Waals surface area contributed by atoms with Crippen LogP contribution in [0.25, 0.3) is 0 Å². The normalized spacial score (nSPS) is 12.7. The lowest BCUT2D eigenvalue weighted by molar-refractivity contribution is 0.402. The van der Waals surface area contributed by atoms with Crippen molar-refractivity contribution in [3.63, 3.8) is 0 Å². The molecule has 0 spiro atoms. The van der Waals surface area contributed by atoms with Gasteiger partial charge in [0.2, 0.25) is 0 Å². The van der Waals surface area contributed by atoms with E-state index in [-0.39, 0.29) is 11.5 Å². The quantitative estimate of drug-likeness (QED) is 0.644. The molecule has 1 atom stereocenters. The molecule has 0 aliphatic rings. The Labute approximate surface area is 150 Å². The summed E-state index contributed by atoms with van der Waals surface area (Å²) < 4.78 is 0. The van der Waals surface area contributed by atoms with Gasteiger partial charge >= 0.3 is 0 Å². The largest absolute Gasteiger partial charge is 0.329 e. The lowest BCUT2D eigenvalue weighted by Crippen LogP contribution is -2.54. The third kappa shape index (κ3) is 3.23. The Bertz CT molecular complexity index is 657. The van der Waals surface area contributed by atoms with Crippen LogP contribution in [-0.2, 0) is 5.41 Å². The fraction of sp³-hybridized carbons (Fsp3) is 0.217. The van der Waals surface area contributed by atoms with Crippen LogP contribution in [0, 0.1) is 0 Å². The number of hydrogen-bond donors (Lipinski definition) is 2. The van der Waals surface area contributed by atoms with Crippen molar-refractivity contribution in [2.45, 2.75) is 18.4 Å². The SMILES string of the molecule is CCNC(CN)C(c1ccccc1)(c1ccccc1)c1ccccc1. The molecule has 0 aliphatic carbocycles. The van der Waals surface area contributed by atoms with Gasteiger partial charge < -0.3 is 11.1 Å². The van der Waals surface area contributed by atoms with E-state index in [0.717, 1.165) is 6.54 Å². The molecule has 0 radical (unpaired) electrons. The number of hydrogen-bond acceptors (Lipinski definition) is 2. The van der Waals surface area contributed by atoms with Gasteiger partial charge in [0.25, 0.3) is 0 Å². The summed E-state index contributed by atoms with van der Waals surface area (Å²) in [5, 5.41) is 3.64. The zero-order chi connectivity index (χ0) is 17.5. The van der Waals surface area contributed by atoms with Crippen LogP contribution in [0.4, 0.5) is 0 Å². The molecule has 3 rings (SSSR count). The Morgan fingerprint density at radius 1 is 0.720 bits per heavy atom. The van der Waals surface area contributed by atoms with E-state index in [2.05, 4.69) is 103 Å². The molecule has 0 aromatic heterocycles. The van der Waals surface area contributed by atoms with E-state index in [4.69, 9.17) is 5.73 Å². The van der Waals surface area contributed by atoms with Crippen LogP contribution < -0.4 is 11.1 Å². The van der Waals surface area contributed by atoms with Crippen molar-refractivity contribution in [2.24, 2.45) is 5.73 Å². The van der Waals surface area contributed by atoms with Gasteiger partial charge in [-0.2, -0.15) is 0 Å². The van der Waals surface area contributed by atoms with E-state index in [0.29, 0.717) is 6.54 Å². The average Bonchev–Trinajstić information content (AvgIpc) is 2.70. The predicted molar refractivity (Wildman–Crippen MR) is 106 cm³/mol. The van der Waals surface area contributed by atoms with E-state index in [1.54, 1.807) is 0 Å². The fourth-order valence-electron chi connectivity index (χ4n) is 3.87. The van der Waals surface area contributed by atoms with Crippen molar-refractivity contribution in [2.75, 3.05) is 13.1 Å².